The summed E-state index contributed by atoms with van der Waals surface area (Å²) < 4.78 is 0. The SMILES string of the molecule is CSCCC(NC(=O)c1cccc(C)c1)C(=O)N1CCN(Cc2ccc(C#N)cc2)CC1. The van der Waals surface area contributed by atoms with E-state index in [2.05, 4.69) is 16.3 Å². The highest BCUT2D eigenvalue weighted by atomic mass is 32.2. The summed E-state index contributed by atoms with van der Waals surface area (Å²) in [7, 11) is 0. The Balaban J connectivity index is 1.57. The van der Waals surface area contributed by atoms with Crippen LogP contribution in [0.25, 0.3) is 0 Å². The number of amides is 2. The normalized spacial score (nSPS) is 15.1. The average molecular weight is 451 g/mol. The quantitative estimate of drug-likeness (QED) is 0.669. The van der Waals surface area contributed by atoms with Crippen LogP contribution in [0.1, 0.15) is 33.5 Å². The van der Waals surface area contributed by atoms with Gasteiger partial charge in [0.15, 0.2) is 0 Å². The molecule has 1 fully saturated rings. The van der Waals surface area contributed by atoms with Gasteiger partial charge in [-0.05, 0) is 55.2 Å². The zero-order valence-electron chi connectivity index (χ0n) is 18.7. The first-order chi connectivity index (χ1) is 15.5. The standard InChI is InChI=1S/C25H30N4O2S/c1-19-4-3-5-22(16-19)24(30)27-23(10-15-32-2)25(31)29-13-11-28(12-14-29)18-21-8-6-20(17-26)7-9-21/h3-9,16,23H,10-15,18H2,1-2H3,(H,27,30). The first-order valence-electron chi connectivity index (χ1n) is 10.9. The molecule has 2 amide bonds. The molecule has 0 spiro atoms. The maximum absolute atomic E-state index is 13.2. The number of nitriles is 1. The number of carbonyl (C=O) groups is 2. The van der Waals surface area contributed by atoms with Crippen molar-refractivity contribution >= 4 is 23.6 Å². The average Bonchev–Trinajstić information content (AvgIpc) is 2.82. The Morgan fingerprint density at radius 2 is 1.84 bits per heavy atom. The van der Waals surface area contributed by atoms with Crippen LogP contribution in [0.3, 0.4) is 0 Å². The molecule has 1 aliphatic heterocycles. The van der Waals surface area contributed by atoms with Gasteiger partial charge in [-0.2, -0.15) is 17.0 Å². The van der Waals surface area contributed by atoms with E-state index < -0.39 is 6.04 Å². The number of nitrogens with zero attached hydrogens (tertiary/aromatic N) is 3. The van der Waals surface area contributed by atoms with Crippen LogP contribution in [0.4, 0.5) is 0 Å². The van der Waals surface area contributed by atoms with Crippen LogP contribution in [0.2, 0.25) is 0 Å². The Hall–Kier alpha value is -2.82. The third kappa shape index (κ3) is 6.59. The van der Waals surface area contributed by atoms with Gasteiger partial charge in [-0.25, -0.2) is 0 Å². The maximum atomic E-state index is 13.2. The van der Waals surface area contributed by atoms with Gasteiger partial charge in [-0.15, -0.1) is 0 Å². The smallest absolute Gasteiger partial charge is 0.251 e. The molecule has 3 rings (SSSR count). The fourth-order valence-corrected chi connectivity index (χ4v) is 4.28. The Kier molecular flexibility index (Phi) is 8.72. The summed E-state index contributed by atoms with van der Waals surface area (Å²) in [6, 6.07) is 16.7. The van der Waals surface area contributed by atoms with E-state index >= 15 is 0 Å². The Morgan fingerprint density at radius 1 is 1.12 bits per heavy atom. The van der Waals surface area contributed by atoms with Gasteiger partial charge in [-0.3, -0.25) is 14.5 Å². The van der Waals surface area contributed by atoms with Crippen LogP contribution in [0.15, 0.2) is 48.5 Å². The number of piperazine rings is 1. The molecule has 32 heavy (non-hydrogen) atoms. The molecular formula is C25H30N4O2S. The van der Waals surface area contributed by atoms with Gasteiger partial charge in [0.2, 0.25) is 5.91 Å². The molecule has 0 bridgehead atoms. The summed E-state index contributed by atoms with van der Waals surface area (Å²) in [5, 5.41) is 11.9. The topological polar surface area (TPSA) is 76.4 Å². The maximum Gasteiger partial charge on any atom is 0.251 e. The van der Waals surface area contributed by atoms with Crippen molar-refractivity contribution in [2.75, 3.05) is 38.2 Å². The number of nitrogens with one attached hydrogen (secondary N) is 1. The summed E-state index contributed by atoms with van der Waals surface area (Å²) in [4.78, 5) is 30.2. The van der Waals surface area contributed by atoms with Gasteiger partial charge < -0.3 is 10.2 Å². The lowest BCUT2D eigenvalue weighted by molar-refractivity contribution is -0.135. The van der Waals surface area contributed by atoms with Gasteiger partial charge in [0, 0.05) is 38.3 Å². The lowest BCUT2D eigenvalue weighted by Gasteiger charge is -2.36. The van der Waals surface area contributed by atoms with Gasteiger partial charge in [-0.1, -0.05) is 29.8 Å². The molecule has 1 atom stereocenters. The van der Waals surface area contributed by atoms with Crippen molar-refractivity contribution in [1.29, 1.82) is 5.26 Å². The minimum Gasteiger partial charge on any atom is -0.340 e. The van der Waals surface area contributed by atoms with Crippen molar-refractivity contribution in [3.63, 3.8) is 0 Å². The van der Waals surface area contributed by atoms with E-state index in [0.29, 0.717) is 30.6 Å². The molecule has 1 aliphatic rings. The van der Waals surface area contributed by atoms with E-state index in [4.69, 9.17) is 5.26 Å². The first kappa shape index (κ1) is 23.8. The molecule has 0 aliphatic carbocycles. The van der Waals surface area contributed by atoms with Gasteiger partial charge >= 0.3 is 0 Å². The van der Waals surface area contributed by atoms with Crippen molar-refractivity contribution in [2.45, 2.75) is 25.9 Å². The summed E-state index contributed by atoms with van der Waals surface area (Å²) in [6.07, 6.45) is 2.62. The van der Waals surface area contributed by atoms with E-state index in [1.165, 1.54) is 0 Å². The van der Waals surface area contributed by atoms with Crippen LogP contribution in [-0.4, -0.2) is 65.8 Å². The minimum atomic E-state index is -0.513. The number of thioether (sulfide) groups is 1. The number of aryl methyl sites for hydroxylation is 1. The molecule has 7 heteroatoms. The van der Waals surface area contributed by atoms with E-state index in [0.717, 1.165) is 36.5 Å². The summed E-state index contributed by atoms with van der Waals surface area (Å²) in [6.45, 7) is 5.61. The Morgan fingerprint density at radius 3 is 2.47 bits per heavy atom. The molecule has 0 saturated carbocycles. The number of hydrogen-bond donors (Lipinski definition) is 1. The highest BCUT2D eigenvalue weighted by Gasteiger charge is 2.28. The minimum absolute atomic E-state index is 0.00178. The van der Waals surface area contributed by atoms with Crippen molar-refractivity contribution in [3.8, 4) is 6.07 Å². The van der Waals surface area contributed by atoms with E-state index in [1.54, 1.807) is 17.8 Å². The summed E-state index contributed by atoms with van der Waals surface area (Å²) in [5.74, 6) is 0.606. The second-order valence-corrected chi connectivity index (χ2v) is 9.07. The first-order valence-corrected chi connectivity index (χ1v) is 12.3. The van der Waals surface area contributed by atoms with Gasteiger partial charge in [0.1, 0.15) is 6.04 Å². The number of benzene rings is 2. The lowest BCUT2D eigenvalue weighted by atomic mass is 10.1. The molecule has 168 valence electrons. The predicted octanol–water partition coefficient (Wildman–Crippen LogP) is 3.06. The Labute approximate surface area is 194 Å². The van der Waals surface area contributed by atoms with Crippen molar-refractivity contribution in [1.82, 2.24) is 15.1 Å². The molecule has 2 aromatic carbocycles. The van der Waals surface area contributed by atoms with Crippen LogP contribution >= 0.6 is 11.8 Å². The second-order valence-electron chi connectivity index (χ2n) is 8.09. The second kappa shape index (κ2) is 11.7. The molecule has 1 heterocycles. The molecule has 1 N–H and O–H groups in total. The number of rotatable bonds is 8. The number of carbonyl (C=O) groups excluding carboxylic acids is 2. The molecular weight excluding hydrogens is 420 g/mol. The molecule has 0 aromatic heterocycles. The van der Waals surface area contributed by atoms with Crippen molar-refractivity contribution < 1.29 is 9.59 Å². The summed E-state index contributed by atoms with van der Waals surface area (Å²) >= 11 is 1.67. The molecule has 0 radical (unpaired) electrons. The summed E-state index contributed by atoms with van der Waals surface area (Å²) in [5.41, 5.74) is 3.42. The predicted molar refractivity (Wildman–Crippen MR) is 128 cm³/mol. The molecule has 2 aromatic rings. The third-order valence-electron chi connectivity index (χ3n) is 5.67. The lowest BCUT2D eigenvalue weighted by Crippen LogP contribution is -2.54. The fourth-order valence-electron chi connectivity index (χ4n) is 3.81. The fraction of sp³-hybridized carbons (Fsp3) is 0.400. The zero-order valence-corrected chi connectivity index (χ0v) is 19.5. The Bertz CT molecular complexity index is 963. The van der Waals surface area contributed by atoms with Gasteiger partial charge in [0.25, 0.3) is 5.91 Å². The van der Waals surface area contributed by atoms with Crippen LogP contribution in [0.5, 0.6) is 0 Å². The third-order valence-corrected chi connectivity index (χ3v) is 6.31. The monoisotopic (exact) mass is 450 g/mol. The van der Waals surface area contributed by atoms with E-state index in [-0.39, 0.29) is 11.8 Å². The van der Waals surface area contributed by atoms with E-state index in [1.807, 2.05) is 60.5 Å². The van der Waals surface area contributed by atoms with Crippen molar-refractivity contribution in [2.24, 2.45) is 0 Å². The van der Waals surface area contributed by atoms with Gasteiger partial charge in [0.05, 0.1) is 11.6 Å². The van der Waals surface area contributed by atoms with Crippen LogP contribution in [-0.2, 0) is 11.3 Å². The molecule has 6 nitrogen and oxygen atoms in total. The molecule has 1 unspecified atom stereocenters. The highest BCUT2D eigenvalue weighted by molar-refractivity contribution is 7.98. The van der Waals surface area contributed by atoms with Crippen LogP contribution in [0, 0.1) is 18.3 Å². The largest absolute Gasteiger partial charge is 0.340 e. The molecule has 1 saturated heterocycles. The zero-order chi connectivity index (χ0) is 22.9. The van der Waals surface area contributed by atoms with Crippen LogP contribution < -0.4 is 5.32 Å². The van der Waals surface area contributed by atoms with E-state index in [9.17, 15) is 9.59 Å². The highest BCUT2D eigenvalue weighted by Crippen LogP contribution is 2.13. The number of hydrogen-bond acceptors (Lipinski definition) is 5. The van der Waals surface area contributed by atoms with Crippen molar-refractivity contribution in [3.05, 3.63) is 70.8 Å².